The first-order valence-electron chi connectivity index (χ1n) is 9.77. The van der Waals surface area contributed by atoms with Crippen molar-refractivity contribution in [2.24, 2.45) is 0 Å². The van der Waals surface area contributed by atoms with Gasteiger partial charge in [-0.25, -0.2) is 4.79 Å². The van der Waals surface area contributed by atoms with Gasteiger partial charge >= 0.3 is 5.63 Å². The summed E-state index contributed by atoms with van der Waals surface area (Å²) in [5.74, 6) is 1.13. The van der Waals surface area contributed by atoms with Crippen LogP contribution in [0.25, 0.3) is 21.7 Å². The maximum Gasteiger partial charge on any atom is 0.348 e. The Morgan fingerprint density at radius 3 is 2.62 bits per heavy atom. The molecule has 0 saturated carbocycles. The molecule has 2 aliphatic heterocycles. The van der Waals surface area contributed by atoms with E-state index in [2.05, 4.69) is 0 Å². The van der Waals surface area contributed by atoms with Gasteiger partial charge in [0, 0.05) is 17.5 Å². The van der Waals surface area contributed by atoms with E-state index >= 15 is 0 Å². The van der Waals surface area contributed by atoms with E-state index in [1.54, 1.807) is 12.1 Å². The molecule has 0 aliphatic carbocycles. The van der Waals surface area contributed by atoms with E-state index < -0.39 is 42.9 Å². The molecule has 0 amide bonds. The van der Waals surface area contributed by atoms with Gasteiger partial charge < -0.3 is 48.5 Å². The number of rotatable bonds is 4. The monoisotopic (exact) mass is 448 g/mol. The quantitative estimate of drug-likeness (QED) is 0.311. The minimum Gasteiger partial charge on any atom is -0.496 e. The minimum atomic E-state index is -1.60. The lowest BCUT2D eigenvalue weighted by Gasteiger charge is -2.39. The Bertz CT molecular complexity index is 1230. The Balaban J connectivity index is 1.60. The van der Waals surface area contributed by atoms with Crippen molar-refractivity contribution >= 4 is 21.7 Å². The van der Waals surface area contributed by atoms with Crippen LogP contribution in [0.5, 0.6) is 23.0 Å². The molecule has 3 aromatic rings. The number of methoxy groups -OCH3 is 1. The van der Waals surface area contributed by atoms with E-state index in [0.29, 0.717) is 28.0 Å². The first-order chi connectivity index (χ1) is 15.4. The summed E-state index contributed by atoms with van der Waals surface area (Å²) in [6.07, 6.45) is -7.25. The highest BCUT2D eigenvalue weighted by atomic mass is 16.7. The molecule has 0 unspecified atom stereocenters. The molecule has 5 rings (SSSR count). The second kappa shape index (κ2) is 7.80. The van der Waals surface area contributed by atoms with E-state index in [-0.39, 0.29) is 23.5 Å². The van der Waals surface area contributed by atoms with Crippen LogP contribution in [0.3, 0.4) is 0 Å². The van der Waals surface area contributed by atoms with Gasteiger partial charge in [-0.1, -0.05) is 0 Å². The highest BCUT2D eigenvalue weighted by molar-refractivity contribution is 6.10. The van der Waals surface area contributed by atoms with Crippen LogP contribution in [0.1, 0.15) is 0 Å². The van der Waals surface area contributed by atoms with Crippen LogP contribution >= 0.6 is 0 Å². The van der Waals surface area contributed by atoms with Crippen LogP contribution in [0.15, 0.2) is 33.5 Å². The Morgan fingerprint density at radius 2 is 1.88 bits per heavy atom. The molecule has 5 atom stereocenters. The largest absolute Gasteiger partial charge is 0.496 e. The lowest BCUT2D eigenvalue weighted by atomic mass is 9.99. The van der Waals surface area contributed by atoms with Crippen molar-refractivity contribution in [3.05, 3.63) is 34.7 Å². The summed E-state index contributed by atoms with van der Waals surface area (Å²) in [5.41, 5.74) is -0.512. The molecule has 3 heterocycles. The van der Waals surface area contributed by atoms with E-state index in [0.717, 1.165) is 0 Å². The highest BCUT2D eigenvalue weighted by Gasteiger charge is 2.44. The summed E-state index contributed by atoms with van der Waals surface area (Å²) in [5, 5.41) is 40.7. The molecule has 11 heteroatoms. The van der Waals surface area contributed by atoms with E-state index in [4.69, 9.17) is 28.1 Å². The van der Waals surface area contributed by atoms with Gasteiger partial charge in [0.05, 0.1) is 19.1 Å². The maximum atomic E-state index is 12.7. The van der Waals surface area contributed by atoms with Crippen molar-refractivity contribution in [1.29, 1.82) is 0 Å². The Kier molecular flexibility index (Phi) is 5.07. The molecule has 1 saturated heterocycles. The van der Waals surface area contributed by atoms with Gasteiger partial charge in [-0.3, -0.25) is 0 Å². The van der Waals surface area contributed by atoms with Crippen molar-refractivity contribution in [3.63, 3.8) is 0 Å². The van der Waals surface area contributed by atoms with Crippen molar-refractivity contribution in [1.82, 2.24) is 0 Å². The molecular formula is C21H20O11. The van der Waals surface area contributed by atoms with Crippen LogP contribution < -0.4 is 24.6 Å². The first kappa shape index (κ1) is 20.8. The topological polar surface area (TPSA) is 157 Å². The normalized spacial score (nSPS) is 27.1. The van der Waals surface area contributed by atoms with Crippen molar-refractivity contribution in [3.8, 4) is 23.0 Å². The van der Waals surface area contributed by atoms with Crippen LogP contribution in [-0.4, -0.2) is 71.6 Å². The van der Waals surface area contributed by atoms with Crippen molar-refractivity contribution in [2.45, 2.75) is 30.7 Å². The number of aliphatic hydroxyl groups excluding tert-OH is 4. The predicted octanol–water partition coefficient (Wildman–Crippen LogP) is -0.138. The molecule has 32 heavy (non-hydrogen) atoms. The molecule has 0 bridgehead atoms. The second-order valence-electron chi connectivity index (χ2n) is 7.43. The molecule has 170 valence electrons. The molecule has 2 aromatic carbocycles. The number of benzene rings is 2. The second-order valence-corrected chi connectivity index (χ2v) is 7.43. The van der Waals surface area contributed by atoms with E-state index in [1.807, 2.05) is 0 Å². The van der Waals surface area contributed by atoms with Crippen molar-refractivity contribution in [2.75, 3.05) is 20.5 Å². The third-order valence-electron chi connectivity index (χ3n) is 5.58. The van der Waals surface area contributed by atoms with Gasteiger partial charge in [-0.05, 0) is 12.1 Å². The molecule has 2 aliphatic rings. The number of hydrogen-bond acceptors (Lipinski definition) is 11. The molecule has 1 fully saturated rings. The Labute approximate surface area is 179 Å². The minimum absolute atomic E-state index is 0.00503. The molecule has 0 spiro atoms. The van der Waals surface area contributed by atoms with Crippen LogP contribution in [-0.2, 0) is 4.74 Å². The smallest absolute Gasteiger partial charge is 0.348 e. The fourth-order valence-electron chi connectivity index (χ4n) is 3.97. The Morgan fingerprint density at radius 1 is 1.06 bits per heavy atom. The molecule has 4 N–H and O–H groups in total. The Hall–Kier alpha value is -3.09. The SMILES string of the molecule is COc1cc(O[C@@H]2O[C@H](CO)[C@@H](O)[C@H](O)[C@H]2O)cc2oc(=O)c3c4c(ccc3c12)OCO4. The summed E-state index contributed by atoms with van der Waals surface area (Å²) in [6, 6.07) is 6.28. The summed E-state index contributed by atoms with van der Waals surface area (Å²) in [4.78, 5) is 12.7. The van der Waals surface area contributed by atoms with Crippen LogP contribution in [0.4, 0.5) is 0 Å². The van der Waals surface area contributed by atoms with Crippen molar-refractivity contribution < 1.29 is 48.5 Å². The van der Waals surface area contributed by atoms with Gasteiger partial charge in [0.2, 0.25) is 13.1 Å². The van der Waals surface area contributed by atoms with Crippen LogP contribution in [0.2, 0.25) is 0 Å². The lowest BCUT2D eigenvalue weighted by Crippen LogP contribution is -2.60. The van der Waals surface area contributed by atoms with Gasteiger partial charge in [-0.15, -0.1) is 0 Å². The number of aliphatic hydroxyl groups is 4. The number of ether oxygens (including phenoxy) is 5. The third kappa shape index (κ3) is 3.14. The zero-order valence-corrected chi connectivity index (χ0v) is 16.8. The van der Waals surface area contributed by atoms with Gasteiger partial charge in [0.15, 0.2) is 11.5 Å². The fourth-order valence-corrected chi connectivity index (χ4v) is 3.97. The molecule has 0 radical (unpaired) electrons. The summed E-state index contributed by atoms with van der Waals surface area (Å²) in [7, 11) is 1.43. The highest BCUT2D eigenvalue weighted by Crippen LogP contribution is 2.43. The van der Waals surface area contributed by atoms with E-state index in [1.165, 1.54) is 19.2 Å². The number of fused-ring (bicyclic) bond motifs is 5. The van der Waals surface area contributed by atoms with Gasteiger partial charge in [0.1, 0.15) is 46.9 Å². The number of hydrogen-bond donors (Lipinski definition) is 4. The summed E-state index contributed by atoms with van der Waals surface area (Å²) in [6.45, 7) is -0.599. The fraction of sp³-hybridized carbons (Fsp3) is 0.381. The van der Waals surface area contributed by atoms with Crippen LogP contribution in [0, 0.1) is 0 Å². The average Bonchev–Trinajstić information content (AvgIpc) is 3.27. The van der Waals surface area contributed by atoms with E-state index in [9.17, 15) is 25.2 Å². The maximum absolute atomic E-state index is 12.7. The van der Waals surface area contributed by atoms with Gasteiger partial charge in [0.25, 0.3) is 0 Å². The summed E-state index contributed by atoms with van der Waals surface area (Å²) >= 11 is 0. The standard InChI is InChI=1S/C21H20O11/c1-27-11-4-8(30-21-18(25)17(24)16(23)13(6-22)32-21)5-12-14(11)9-2-3-10-19(29-7-28-10)15(9)20(26)31-12/h2-5,13,16-18,21-25H,6-7H2,1H3/t13-,16-,17+,18-,21-/m1/s1. The summed E-state index contributed by atoms with van der Waals surface area (Å²) < 4.78 is 32.8. The zero-order valence-electron chi connectivity index (χ0n) is 16.8. The molecule has 11 nitrogen and oxygen atoms in total. The molecule has 1 aromatic heterocycles. The predicted molar refractivity (Wildman–Crippen MR) is 107 cm³/mol. The van der Waals surface area contributed by atoms with Gasteiger partial charge in [-0.2, -0.15) is 0 Å². The third-order valence-corrected chi connectivity index (χ3v) is 5.58. The molecular weight excluding hydrogens is 428 g/mol. The lowest BCUT2D eigenvalue weighted by molar-refractivity contribution is -0.277. The average molecular weight is 448 g/mol. The zero-order chi connectivity index (χ0) is 22.6. The first-order valence-corrected chi connectivity index (χ1v) is 9.77.